The molecule has 0 aromatic heterocycles. The van der Waals surface area contributed by atoms with Crippen LogP contribution in [0.25, 0.3) is 0 Å². The van der Waals surface area contributed by atoms with Crippen molar-refractivity contribution in [1.29, 1.82) is 0 Å². The van der Waals surface area contributed by atoms with E-state index in [1.165, 1.54) is 0 Å². The first-order valence-electron chi connectivity index (χ1n) is 6.88. The molecule has 2 rings (SSSR count). The minimum Gasteiger partial charge on any atom is -0.314 e. The molecule has 0 spiro atoms. The number of nitrogens with one attached hydrogen (secondary N) is 1. The Morgan fingerprint density at radius 1 is 1.13 bits per heavy atom. The summed E-state index contributed by atoms with van der Waals surface area (Å²) in [6, 6.07) is 1.63. The molecule has 1 saturated heterocycles. The summed E-state index contributed by atoms with van der Waals surface area (Å²) in [6.45, 7) is 2.06. The molecular weight excluding hydrogens is 346 g/mol. The molecule has 132 valence electrons. The second-order valence-corrected chi connectivity index (χ2v) is 5.17. The molecule has 1 aromatic rings. The molecule has 0 amide bonds. The van der Waals surface area contributed by atoms with Crippen LogP contribution < -0.4 is 5.32 Å². The maximum atomic E-state index is 13.3. The molecule has 0 unspecified atom stereocenters. The molecule has 23 heavy (non-hydrogen) atoms. The Morgan fingerprint density at radius 2 is 1.74 bits per heavy atom. The van der Waals surface area contributed by atoms with Gasteiger partial charge < -0.3 is 5.32 Å². The first-order valence-corrected chi connectivity index (χ1v) is 6.88. The lowest BCUT2D eigenvalue weighted by atomic mass is 9.98. The van der Waals surface area contributed by atoms with Gasteiger partial charge in [-0.3, -0.25) is 4.90 Å². The van der Waals surface area contributed by atoms with Crippen molar-refractivity contribution in [2.75, 3.05) is 26.2 Å². The third-order valence-corrected chi connectivity index (χ3v) is 3.67. The second kappa shape index (κ2) is 8.21. The normalized spacial score (nSPS) is 17.9. The van der Waals surface area contributed by atoms with Gasteiger partial charge in [0.1, 0.15) is 5.82 Å². The first-order chi connectivity index (χ1) is 10.3. The number of alkyl halides is 5. The van der Waals surface area contributed by atoms with Gasteiger partial charge in [0, 0.05) is 38.6 Å². The SMILES string of the molecule is Cl.Fc1ccc([C@@H](CC(F)F)N2CCNCC2)cc1C(F)(F)F. The predicted octanol–water partition coefficient (Wildman–Crippen LogP) is 3.87. The lowest BCUT2D eigenvalue weighted by Crippen LogP contribution is -2.45. The third kappa shape index (κ3) is 5.26. The number of piperazine rings is 1. The molecule has 1 atom stereocenters. The number of hydrogen-bond acceptors (Lipinski definition) is 2. The van der Waals surface area contributed by atoms with Crippen LogP contribution in [0, 0.1) is 5.82 Å². The summed E-state index contributed by atoms with van der Waals surface area (Å²) in [6.07, 6.45) is -8.08. The van der Waals surface area contributed by atoms with Crippen molar-refractivity contribution in [1.82, 2.24) is 10.2 Å². The Kier molecular flexibility index (Phi) is 7.16. The number of nitrogens with zero attached hydrogens (tertiary/aromatic N) is 1. The molecular formula is C14H17ClF6N2. The summed E-state index contributed by atoms with van der Waals surface area (Å²) >= 11 is 0. The zero-order valence-corrected chi connectivity index (χ0v) is 12.9. The van der Waals surface area contributed by atoms with Crippen LogP contribution in [-0.4, -0.2) is 37.5 Å². The van der Waals surface area contributed by atoms with E-state index in [2.05, 4.69) is 5.32 Å². The topological polar surface area (TPSA) is 15.3 Å². The Labute approximate surface area is 136 Å². The lowest BCUT2D eigenvalue weighted by molar-refractivity contribution is -0.140. The minimum atomic E-state index is -4.85. The molecule has 1 heterocycles. The van der Waals surface area contributed by atoms with Gasteiger partial charge >= 0.3 is 6.18 Å². The number of halogens is 7. The highest BCUT2D eigenvalue weighted by Gasteiger charge is 2.35. The fourth-order valence-corrected chi connectivity index (χ4v) is 2.63. The van der Waals surface area contributed by atoms with E-state index in [0.717, 1.165) is 6.07 Å². The summed E-state index contributed by atoms with van der Waals surface area (Å²) < 4.78 is 77.3. The molecule has 1 fully saturated rings. The van der Waals surface area contributed by atoms with Gasteiger partial charge in [-0.2, -0.15) is 13.2 Å². The van der Waals surface area contributed by atoms with Crippen molar-refractivity contribution < 1.29 is 26.3 Å². The minimum absolute atomic E-state index is 0. The van der Waals surface area contributed by atoms with Gasteiger partial charge in [0.15, 0.2) is 0 Å². The molecule has 1 aliphatic rings. The molecule has 1 aromatic carbocycles. The summed E-state index contributed by atoms with van der Waals surface area (Å²) in [5.74, 6) is -1.40. The van der Waals surface area contributed by atoms with Gasteiger partial charge in [-0.15, -0.1) is 12.4 Å². The number of hydrogen-bond donors (Lipinski definition) is 1. The van der Waals surface area contributed by atoms with Gasteiger partial charge in [-0.1, -0.05) is 6.07 Å². The molecule has 2 nitrogen and oxygen atoms in total. The fraction of sp³-hybridized carbons (Fsp3) is 0.571. The van der Waals surface area contributed by atoms with Gasteiger partial charge in [-0.05, 0) is 17.7 Å². The molecule has 0 aliphatic carbocycles. The largest absolute Gasteiger partial charge is 0.419 e. The Hall–Kier alpha value is -0.990. The highest BCUT2D eigenvalue weighted by Crippen LogP contribution is 2.35. The highest BCUT2D eigenvalue weighted by atomic mass is 35.5. The third-order valence-electron chi connectivity index (χ3n) is 3.67. The van der Waals surface area contributed by atoms with Crippen molar-refractivity contribution in [3.8, 4) is 0 Å². The number of benzene rings is 1. The molecule has 0 bridgehead atoms. The molecule has 1 N–H and O–H groups in total. The zero-order chi connectivity index (χ0) is 16.3. The molecule has 1 aliphatic heterocycles. The monoisotopic (exact) mass is 362 g/mol. The average Bonchev–Trinajstić information content (AvgIpc) is 2.45. The van der Waals surface area contributed by atoms with Crippen molar-refractivity contribution in [3.05, 3.63) is 35.1 Å². The van der Waals surface area contributed by atoms with Gasteiger partial charge in [-0.25, -0.2) is 13.2 Å². The molecule has 0 saturated carbocycles. The quantitative estimate of drug-likeness (QED) is 0.818. The standard InChI is InChI=1S/C14H16F6N2.ClH/c15-11-2-1-9(7-10(11)14(18,19)20)12(8-13(16)17)22-5-3-21-4-6-22;/h1-2,7,12-13,21H,3-6,8H2;1H/t12-;/m1./s1. The van der Waals surface area contributed by atoms with Crippen LogP contribution in [0.3, 0.4) is 0 Å². The van der Waals surface area contributed by atoms with Crippen LogP contribution in [0.15, 0.2) is 18.2 Å². The Balaban J connectivity index is 0.00000264. The maximum Gasteiger partial charge on any atom is 0.419 e. The van der Waals surface area contributed by atoms with Crippen LogP contribution in [0.5, 0.6) is 0 Å². The Bertz CT molecular complexity index is 503. The van der Waals surface area contributed by atoms with Crippen LogP contribution >= 0.6 is 12.4 Å². The molecule has 0 radical (unpaired) electrons. The van der Waals surface area contributed by atoms with Crippen LogP contribution in [0.4, 0.5) is 26.3 Å². The van der Waals surface area contributed by atoms with E-state index < -0.39 is 36.4 Å². The smallest absolute Gasteiger partial charge is 0.314 e. The highest BCUT2D eigenvalue weighted by molar-refractivity contribution is 5.85. The fourth-order valence-electron chi connectivity index (χ4n) is 2.63. The predicted molar refractivity (Wildman–Crippen MR) is 76.5 cm³/mol. The van der Waals surface area contributed by atoms with Crippen molar-refractivity contribution in [2.45, 2.75) is 25.1 Å². The van der Waals surface area contributed by atoms with Crippen molar-refractivity contribution in [2.24, 2.45) is 0 Å². The van der Waals surface area contributed by atoms with E-state index >= 15 is 0 Å². The van der Waals surface area contributed by atoms with Gasteiger partial charge in [0.2, 0.25) is 6.43 Å². The van der Waals surface area contributed by atoms with E-state index in [1.54, 1.807) is 4.90 Å². The second-order valence-electron chi connectivity index (χ2n) is 5.17. The van der Waals surface area contributed by atoms with Crippen LogP contribution in [-0.2, 0) is 6.18 Å². The van der Waals surface area contributed by atoms with Crippen LogP contribution in [0.2, 0.25) is 0 Å². The number of rotatable bonds is 4. The van der Waals surface area contributed by atoms with E-state index in [4.69, 9.17) is 0 Å². The zero-order valence-electron chi connectivity index (χ0n) is 12.0. The van der Waals surface area contributed by atoms with Crippen molar-refractivity contribution in [3.63, 3.8) is 0 Å². The summed E-state index contributed by atoms with van der Waals surface area (Å²) in [7, 11) is 0. The maximum absolute atomic E-state index is 13.3. The van der Waals surface area contributed by atoms with Crippen molar-refractivity contribution >= 4 is 12.4 Å². The lowest BCUT2D eigenvalue weighted by Gasteiger charge is -2.35. The van der Waals surface area contributed by atoms with E-state index in [0.29, 0.717) is 38.3 Å². The van der Waals surface area contributed by atoms with Crippen LogP contribution in [0.1, 0.15) is 23.6 Å². The van der Waals surface area contributed by atoms with E-state index in [1.807, 2.05) is 0 Å². The van der Waals surface area contributed by atoms with E-state index in [9.17, 15) is 26.3 Å². The summed E-state index contributed by atoms with van der Waals surface area (Å²) in [5.41, 5.74) is -1.35. The first kappa shape index (κ1) is 20.1. The van der Waals surface area contributed by atoms with Gasteiger partial charge in [0.05, 0.1) is 5.56 Å². The summed E-state index contributed by atoms with van der Waals surface area (Å²) in [4.78, 5) is 1.70. The van der Waals surface area contributed by atoms with Gasteiger partial charge in [0.25, 0.3) is 0 Å². The van der Waals surface area contributed by atoms with E-state index in [-0.39, 0.29) is 18.0 Å². The Morgan fingerprint density at radius 3 is 2.26 bits per heavy atom. The summed E-state index contributed by atoms with van der Waals surface area (Å²) in [5, 5.41) is 3.05. The average molecular weight is 363 g/mol. The molecule has 9 heteroatoms.